The second-order valence-electron chi connectivity index (χ2n) is 8.97. The lowest BCUT2D eigenvalue weighted by Crippen LogP contribution is -2.18. The van der Waals surface area contributed by atoms with Crippen LogP contribution in [0.2, 0.25) is 0 Å². The van der Waals surface area contributed by atoms with E-state index in [-0.39, 0.29) is 24.1 Å². The number of carbonyl (C=O) groups is 2. The number of hydrogen-bond donors (Lipinski definition) is 0. The molecule has 0 fully saturated rings. The fourth-order valence-electron chi connectivity index (χ4n) is 5.44. The molecule has 2 aromatic carbocycles. The molecular weight excluding hydrogens is 412 g/mol. The fourth-order valence-corrected chi connectivity index (χ4v) is 5.44. The predicted octanol–water partition coefficient (Wildman–Crippen LogP) is 5.25. The van der Waals surface area contributed by atoms with Crippen LogP contribution < -0.4 is 0 Å². The van der Waals surface area contributed by atoms with Gasteiger partial charge in [0.2, 0.25) is 0 Å². The molecule has 6 rings (SSSR count). The summed E-state index contributed by atoms with van der Waals surface area (Å²) < 4.78 is 10.6. The van der Waals surface area contributed by atoms with E-state index in [1.165, 1.54) is 0 Å². The lowest BCUT2D eigenvalue weighted by Gasteiger charge is -2.17. The summed E-state index contributed by atoms with van der Waals surface area (Å²) in [5.74, 6) is -0.180. The van der Waals surface area contributed by atoms with Gasteiger partial charge in [0.05, 0.1) is 19.1 Å². The van der Waals surface area contributed by atoms with E-state index in [1.54, 1.807) is 0 Å². The van der Waals surface area contributed by atoms with Gasteiger partial charge >= 0.3 is 0 Å². The Hall–Kier alpha value is -3.44. The van der Waals surface area contributed by atoms with Crippen LogP contribution in [0.3, 0.4) is 0 Å². The SMILES string of the molecule is CC[C@@H]1CCn2cc(c3ccccc32)C2=C(C(=O)CC2=O)c2cn(c3ccccc23)CCO1. The molecule has 166 valence electrons. The van der Waals surface area contributed by atoms with Gasteiger partial charge in [-0.15, -0.1) is 0 Å². The topological polar surface area (TPSA) is 53.2 Å². The molecule has 5 heteroatoms. The minimum atomic E-state index is -0.0934. The number of carbonyl (C=O) groups excluding carboxylic acids is 2. The zero-order valence-electron chi connectivity index (χ0n) is 18.7. The highest BCUT2D eigenvalue weighted by Gasteiger charge is 2.35. The second kappa shape index (κ2) is 7.85. The molecule has 4 aromatic rings. The average molecular weight is 439 g/mol. The molecule has 1 atom stereocenters. The summed E-state index contributed by atoms with van der Waals surface area (Å²) in [5.41, 5.74) is 4.97. The lowest BCUT2D eigenvalue weighted by atomic mass is 9.95. The van der Waals surface area contributed by atoms with Crippen molar-refractivity contribution in [3.05, 3.63) is 72.1 Å². The molecule has 3 heterocycles. The van der Waals surface area contributed by atoms with Crippen molar-refractivity contribution in [2.24, 2.45) is 0 Å². The number of hydrogen-bond acceptors (Lipinski definition) is 3. The van der Waals surface area contributed by atoms with Gasteiger partial charge in [-0.05, 0) is 25.0 Å². The zero-order chi connectivity index (χ0) is 22.5. The van der Waals surface area contributed by atoms with Crippen LogP contribution in [-0.2, 0) is 27.4 Å². The lowest BCUT2D eigenvalue weighted by molar-refractivity contribution is -0.119. The number of ether oxygens (including phenoxy) is 1. The van der Waals surface area contributed by atoms with Crippen LogP contribution in [0.25, 0.3) is 33.0 Å². The number of ketones is 2. The summed E-state index contributed by atoms with van der Waals surface area (Å²) in [6.45, 7) is 4.27. The van der Waals surface area contributed by atoms with Gasteiger partial charge in [0.25, 0.3) is 0 Å². The van der Waals surface area contributed by atoms with Crippen LogP contribution in [0, 0.1) is 0 Å². The normalized spacial score (nSPS) is 19.4. The van der Waals surface area contributed by atoms with Crippen molar-refractivity contribution in [1.29, 1.82) is 0 Å². The van der Waals surface area contributed by atoms with Crippen LogP contribution in [-0.4, -0.2) is 33.4 Å². The Kier molecular flexibility index (Phi) is 4.80. The molecule has 1 aliphatic carbocycles. The Morgan fingerprint density at radius 3 is 1.94 bits per heavy atom. The van der Waals surface area contributed by atoms with Gasteiger partial charge in [-0.25, -0.2) is 0 Å². The number of aromatic nitrogens is 2. The van der Waals surface area contributed by atoms with Crippen molar-refractivity contribution in [1.82, 2.24) is 9.13 Å². The van der Waals surface area contributed by atoms with Crippen LogP contribution in [0.15, 0.2) is 60.9 Å². The number of para-hydroxylation sites is 2. The highest BCUT2D eigenvalue weighted by Crippen LogP contribution is 2.41. The Balaban J connectivity index is 1.68. The number of aryl methyl sites for hydroxylation is 1. The number of benzene rings is 2. The first-order chi connectivity index (χ1) is 16.2. The Morgan fingerprint density at radius 1 is 0.818 bits per heavy atom. The zero-order valence-corrected chi connectivity index (χ0v) is 18.7. The summed E-state index contributed by atoms with van der Waals surface area (Å²) in [5, 5.41) is 2.01. The highest BCUT2D eigenvalue weighted by molar-refractivity contribution is 6.52. The van der Waals surface area contributed by atoms with Crippen LogP contribution in [0.5, 0.6) is 0 Å². The van der Waals surface area contributed by atoms with Gasteiger partial charge in [0.1, 0.15) is 0 Å². The van der Waals surface area contributed by atoms with Crippen LogP contribution >= 0.6 is 0 Å². The monoisotopic (exact) mass is 438 g/mol. The van der Waals surface area contributed by atoms with Crippen LogP contribution in [0.1, 0.15) is 37.3 Å². The van der Waals surface area contributed by atoms with E-state index < -0.39 is 0 Å². The first kappa shape index (κ1) is 20.2. The summed E-state index contributed by atoms with van der Waals surface area (Å²) >= 11 is 0. The summed E-state index contributed by atoms with van der Waals surface area (Å²) in [7, 11) is 0. The first-order valence-electron chi connectivity index (χ1n) is 11.7. The van der Waals surface area contributed by atoms with E-state index in [4.69, 9.17) is 4.74 Å². The number of rotatable bonds is 1. The summed E-state index contributed by atoms with van der Waals surface area (Å²) in [6, 6.07) is 16.3. The standard InChI is InChI=1S/C28H26N2O3/c1-2-18-11-12-29-16-21(19-7-3-5-9-23(19)29)27-25(31)15-26(32)28(27)22-17-30(13-14-33-18)24-10-6-4-8-20(22)24/h3-10,16-18H,2,11-15H2,1H3/t18-/m1/s1. The maximum Gasteiger partial charge on any atom is 0.172 e. The quantitative estimate of drug-likeness (QED) is 0.382. The van der Waals surface area contributed by atoms with E-state index in [1.807, 2.05) is 36.5 Å². The summed E-state index contributed by atoms with van der Waals surface area (Å²) in [4.78, 5) is 26.5. The third kappa shape index (κ3) is 3.18. The molecule has 5 nitrogen and oxygen atoms in total. The molecule has 0 saturated heterocycles. The van der Waals surface area contributed by atoms with Gasteiger partial charge in [0, 0.05) is 69.6 Å². The molecular formula is C28H26N2O3. The van der Waals surface area contributed by atoms with Crippen molar-refractivity contribution in [2.45, 2.75) is 45.4 Å². The molecule has 0 amide bonds. The Bertz CT molecular complexity index is 1450. The van der Waals surface area contributed by atoms with Gasteiger partial charge in [0.15, 0.2) is 11.6 Å². The van der Waals surface area contributed by atoms with E-state index in [0.717, 1.165) is 52.3 Å². The van der Waals surface area contributed by atoms with E-state index >= 15 is 0 Å². The second-order valence-corrected chi connectivity index (χ2v) is 8.97. The average Bonchev–Trinajstić information content (AvgIpc) is 3.46. The maximum absolute atomic E-state index is 13.2. The van der Waals surface area contributed by atoms with E-state index in [2.05, 4.69) is 40.5 Å². The van der Waals surface area contributed by atoms with E-state index in [9.17, 15) is 9.59 Å². The maximum atomic E-state index is 13.2. The third-order valence-electron chi connectivity index (χ3n) is 7.08. The molecule has 0 spiro atoms. The minimum Gasteiger partial charge on any atom is -0.376 e. The molecule has 33 heavy (non-hydrogen) atoms. The van der Waals surface area contributed by atoms with Crippen molar-refractivity contribution in [3.63, 3.8) is 0 Å². The molecule has 0 unspecified atom stereocenters. The number of fused-ring (bicyclic) bond motifs is 12. The van der Waals surface area contributed by atoms with Gasteiger partial charge in [-0.2, -0.15) is 0 Å². The Morgan fingerprint density at radius 2 is 1.36 bits per heavy atom. The minimum absolute atomic E-state index is 0.0648. The molecule has 4 bridgehead atoms. The first-order valence-corrected chi connectivity index (χ1v) is 11.7. The van der Waals surface area contributed by atoms with Crippen molar-refractivity contribution >= 4 is 44.5 Å². The largest absolute Gasteiger partial charge is 0.376 e. The molecule has 0 radical (unpaired) electrons. The molecule has 2 aliphatic rings. The van der Waals surface area contributed by atoms with Gasteiger partial charge in [-0.3, -0.25) is 9.59 Å². The molecule has 1 aliphatic heterocycles. The highest BCUT2D eigenvalue weighted by atomic mass is 16.5. The van der Waals surface area contributed by atoms with Gasteiger partial charge < -0.3 is 13.9 Å². The predicted molar refractivity (Wildman–Crippen MR) is 130 cm³/mol. The number of Topliss-reactive ketones (excluding diaryl/α,β-unsaturated/α-hetero) is 2. The third-order valence-corrected chi connectivity index (χ3v) is 7.08. The summed E-state index contributed by atoms with van der Waals surface area (Å²) in [6.07, 6.45) is 6.05. The Labute approximate surface area is 192 Å². The van der Waals surface area contributed by atoms with E-state index in [0.29, 0.717) is 24.3 Å². The number of nitrogens with zero attached hydrogens (tertiary/aromatic N) is 2. The molecule has 0 N–H and O–H groups in total. The number of allylic oxidation sites excluding steroid dienone is 2. The fraction of sp³-hybridized carbons (Fsp3) is 0.286. The molecule has 2 aromatic heterocycles. The van der Waals surface area contributed by atoms with Crippen molar-refractivity contribution in [3.8, 4) is 0 Å². The van der Waals surface area contributed by atoms with Crippen LogP contribution in [0.4, 0.5) is 0 Å². The molecule has 0 saturated carbocycles. The smallest absolute Gasteiger partial charge is 0.172 e. The van der Waals surface area contributed by atoms with Gasteiger partial charge in [-0.1, -0.05) is 43.3 Å². The van der Waals surface area contributed by atoms with Crippen molar-refractivity contribution in [2.75, 3.05) is 6.61 Å². The van der Waals surface area contributed by atoms with Crippen molar-refractivity contribution < 1.29 is 14.3 Å².